The summed E-state index contributed by atoms with van der Waals surface area (Å²) in [6, 6.07) is 6.93. The van der Waals surface area contributed by atoms with Crippen LogP contribution in [0.25, 0.3) is 0 Å². The average molecular weight is 241 g/mol. The van der Waals surface area contributed by atoms with E-state index < -0.39 is 0 Å². The van der Waals surface area contributed by atoms with Gasteiger partial charge in [0.25, 0.3) is 0 Å². The second-order valence-electron chi connectivity index (χ2n) is 3.68. The van der Waals surface area contributed by atoms with Crippen molar-refractivity contribution in [2.75, 3.05) is 11.9 Å². The molecule has 1 aromatic rings. The lowest BCUT2D eigenvalue weighted by Crippen LogP contribution is -2.38. The summed E-state index contributed by atoms with van der Waals surface area (Å²) in [6.07, 6.45) is 1.01. The Hall–Kier alpha value is -1.06. The van der Waals surface area contributed by atoms with E-state index in [4.69, 9.17) is 11.6 Å². The Morgan fingerprint density at radius 2 is 2.25 bits per heavy atom. The summed E-state index contributed by atoms with van der Waals surface area (Å²) in [5, 5.41) is 6.54. The molecule has 1 atom stereocenters. The van der Waals surface area contributed by atoms with Crippen LogP contribution < -0.4 is 10.6 Å². The number of hydrogen-bond donors (Lipinski definition) is 2. The summed E-state index contributed by atoms with van der Waals surface area (Å²) in [6.45, 7) is 4.74. The van der Waals surface area contributed by atoms with Gasteiger partial charge >= 0.3 is 0 Å². The van der Waals surface area contributed by atoms with Gasteiger partial charge < -0.3 is 10.6 Å². The summed E-state index contributed by atoms with van der Waals surface area (Å²) in [7, 11) is 0. The van der Waals surface area contributed by atoms with Crippen molar-refractivity contribution in [2.24, 2.45) is 0 Å². The first kappa shape index (κ1) is 13.0. The first-order chi connectivity index (χ1) is 7.63. The van der Waals surface area contributed by atoms with Crippen LogP contribution in [0.2, 0.25) is 5.02 Å². The van der Waals surface area contributed by atoms with Crippen LogP contribution in [0.4, 0.5) is 5.69 Å². The summed E-state index contributed by atoms with van der Waals surface area (Å²) in [5.41, 5.74) is 0.725. The highest BCUT2D eigenvalue weighted by Gasteiger charge is 2.11. The van der Waals surface area contributed by atoms with Gasteiger partial charge in [-0.3, -0.25) is 4.79 Å². The topological polar surface area (TPSA) is 41.1 Å². The average Bonchev–Trinajstić information content (AvgIpc) is 2.25. The van der Waals surface area contributed by atoms with Gasteiger partial charge in [0, 0.05) is 10.7 Å². The highest BCUT2D eigenvalue weighted by molar-refractivity contribution is 6.30. The Labute approximate surface area is 101 Å². The maximum atomic E-state index is 11.7. The van der Waals surface area contributed by atoms with Gasteiger partial charge in [-0.25, -0.2) is 0 Å². The molecule has 0 aliphatic heterocycles. The largest absolute Gasteiger partial charge is 0.325 e. The van der Waals surface area contributed by atoms with E-state index in [2.05, 4.69) is 17.6 Å². The van der Waals surface area contributed by atoms with E-state index in [1.54, 1.807) is 12.1 Å². The molecule has 16 heavy (non-hydrogen) atoms. The third kappa shape index (κ3) is 4.21. The monoisotopic (exact) mass is 240 g/mol. The molecule has 0 heterocycles. The van der Waals surface area contributed by atoms with E-state index in [1.807, 2.05) is 19.1 Å². The number of benzene rings is 1. The summed E-state index contributed by atoms with van der Waals surface area (Å²) < 4.78 is 0. The van der Waals surface area contributed by atoms with E-state index in [-0.39, 0.29) is 11.9 Å². The van der Waals surface area contributed by atoms with Gasteiger partial charge in [-0.05, 0) is 38.1 Å². The number of carbonyl (C=O) groups is 1. The van der Waals surface area contributed by atoms with Crippen molar-refractivity contribution in [1.82, 2.24) is 5.32 Å². The Morgan fingerprint density at radius 1 is 1.50 bits per heavy atom. The second-order valence-corrected chi connectivity index (χ2v) is 4.11. The van der Waals surface area contributed by atoms with Crippen LogP contribution in [0.1, 0.15) is 20.3 Å². The lowest BCUT2D eigenvalue weighted by Gasteiger charge is -2.13. The standard InChI is InChI=1S/C12H17ClN2O/c1-3-7-14-9(2)12(16)15-11-6-4-5-10(13)8-11/h4-6,8-9,14H,3,7H2,1-2H3,(H,15,16)/t9-/m0/s1. The molecule has 0 saturated heterocycles. The fourth-order valence-corrected chi connectivity index (χ4v) is 1.46. The molecule has 2 N–H and O–H groups in total. The molecule has 0 aliphatic rings. The fraction of sp³-hybridized carbons (Fsp3) is 0.417. The van der Waals surface area contributed by atoms with Crippen LogP contribution in [-0.4, -0.2) is 18.5 Å². The van der Waals surface area contributed by atoms with Crippen molar-refractivity contribution < 1.29 is 4.79 Å². The third-order valence-corrected chi connectivity index (χ3v) is 2.42. The zero-order valence-corrected chi connectivity index (χ0v) is 10.3. The molecule has 1 rings (SSSR count). The lowest BCUT2D eigenvalue weighted by molar-refractivity contribution is -0.117. The van der Waals surface area contributed by atoms with Gasteiger partial charge in [0.1, 0.15) is 0 Å². The van der Waals surface area contributed by atoms with Crippen molar-refractivity contribution >= 4 is 23.2 Å². The zero-order chi connectivity index (χ0) is 12.0. The Bertz CT molecular complexity index is 355. The van der Waals surface area contributed by atoms with Gasteiger partial charge in [-0.15, -0.1) is 0 Å². The molecular weight excluding hydrogens is 224 g/mol. The SMILES string of the molecule is CCCN[C@@H](C)C(=O)Nc1cccc(Cl)c1. The lowest BCUT2D eigenvalue weighted by atomic mass is 10.2. The number of anilines is 1. The van der Waals surface area contributed by atoms with Crippen LogP contribution in [0.3, 0.4) is 0 Å². The fourth-order valence-electron chi connectivity index (χ4n) is 1.27. The number of carbonyl (C=O) groups excluding carboxylic acids is 1. The van der Waals surface area contributed by atoms with Crippen molar-refractivity contribution in [2.45, 2.75) is 26.3 Å². The molecule has 88 valence electrons. The van der Waals surface area contributed by atoms with Crippen molar-refractivity contribution in [3.05, 3.63) is 29.3 Å². The quantitative estimate of drug-likeness (QED) is 0.831. The van der Waals surface area contributed by atoms with Gasteiger partial charge in [-0.2, -0.15) is 0 Å². The van der Waals surface area contributed by atoms with Crippen molar-refractivity contribution in [3.63, 3.8) is 0 Å². The van der Waals surface area contributed by atoms with Crippen LogP contribution >= 0.6 is 11.6 Å². The van der Waals surface area contributed by atoms with Gasteiger partial charge in [0.2, 0.25) is 5.91 Å². The number of amides is 1. The van der Waals surface area contributed by atoms with Gasteiger partial charge in [0.15, 0.2) is 0 Å². The van der Waals surface area contributed by atoms with Crippen molar-refractivity contribution in [3.8, 4) is 0 Å². The number of halogens is 1. The predicted molar refractivity (Wildman–Crippen MR) is 67.8 cm³/mol. The molecule has 0 fully saturated rings. The van der Waals surface area contributed by atoms with Crippen LogP contribution in [0.15, 0.2) is 24.3 Å². The minimum Gasteiger partial charge on any atom is -0.325 e. The maximum Gasteiger partial charge on any atom is 0.241 e. The van der Waals surface area contributed by atoms with E-state index in [0.29, 0.717) is 5.02 Å². The smallest absolute Gasteiger partial charge is 0.241 e. The molecule has 0 aliphatic carbocycles. The normalized spacial score (nSPS) is 12.2. The Balaban J connectivity index is 2.50. The van der Waals surface area contributed by atoms with Crippen LogP contribution in [0, 0.1) is 0 Å². The summed E-state index contributed by atoms with van der Waals surface area (Å²) in [5.74, 6) is -0.0456. The molecular formula is C12H17ClN2O. The highest BCUT2D eigenvalue weighted by Crippen LogP contribution is 2.14. The van der Waals surface area contributed by atoms with Gasteiger partial charge in [-0.1, -0.05) is 24.6 Å². The second kappa shape index (κ2) is 6.51. The van der Waals surface area contributed by atoms with Gasteiger partial charge in [0.05, 0.1) is 6.04 Å². The minimum absolute atomic E-state index is 0.0456. The maximum absolute atomic E-state index is 11.7. The molecule has 1 aromatic carbocycles. The van der Waals surface area contributed by atoms with Crippen LogP contribution in [0.5, 0.6) is 0 Å². The number of nitrogens with one attached hydrogen (secondary N) is 2. The summed E-state index contributed by atoms with van der Waals surface area (Å²) >= 11 is 5.82. The molecule has 0 radical (unpaired) electrons. The first-order valence-corrected chi connectivity index (χ1v) is 5.81. The first-order valence-electron chi connectivity index (χ1n) is 5.43. The number of rotatable bonds is 5. The minimum atomic E-state index is -0.195. The van der Waals surface area contributed by atoms with E-state index in [9.17, 15) is 4.79 Å². The molecule has 1 amide bonds. The van der Waals surface area contributed by atoms with Crippen molar-refractivity contribution in [1.29, 1.82) is 0 Å². The Kier molecular flexibility index (Phi) is 5.29. The Morgan fingerprint density at radius 3 is 2.88 bits per heavy atom. The molecule has 0 bridgehead atoms. The molecule has 0 spiro atoms. The molecule has 0 aromatic heterocycles. The zero-order valence-electron chi connectivity index (χ0n) is 9.59. The molecule has 0 saturated carbocycles. The third-order valence-electron chi connectivity index (χ3n) is 2.19. The molecule has 4 heteroatoms. The van der Waals surface area contributed by atoms with Crippen LogP contribution in [-0.2, 0) is 4.79 Å². The van der Waals surface area contributed by atoms with E-state index >= 15 is 0 Å². The number of hydrogen-bond acceptors (Lipinski definition) is 2. The highest BCUT2D eigenvalue weighted by atomic mass is 35.5. The summed E-state index contributed by atoms with van der Waals surface area (Å²) in [4.78, 5) is 11.7. The molecule has 3 nitrogen and oxygen atoms in total. The predicted octanol–water partition coefficient (Wildman–Crippen LogP) is 2.67. The van der Waals surface area contributed by atoms with E-state index in [1.165, 1.54) is 0 Å². The van der Waals surface area contributed by atoms with E-state index in [0.717, 1.165) is 18.7 Å². The molecule has 0 unspecified atom stereocenters.